The van der Waals surface area contributed by atoms with Crippen molar-refractivity contribution in [2.45, 2.75) is 30.4 Å². The van der Waals surface area contributed by atoms with Gasteiger partial charge in [-0.25, -0.2) is 8.42 Å². The number of alkyl halides is 1. The second-order valence-electron chi connectivity index (χ2n) is 4.80. The van der Waals surface area contributed by atoms with Gasteiger partial charge in [-0.05, 0) is 26.0 Å². The number of nitrogens with zero attached hydrogens (tertiary/aromatic N) is 1. The van der Waals surface area contributed by atoms with Crippen molar-refractivity contribution < 1.29 is 17.6 Å². The van der Waals surface area contributed by atoms with Crippen molar-refractivity contribution in [2.75, 3.05) is 19.7 Å². The second kappa shape index (κ2) is 4.85. The summed E-state index contributed by atoms with van der Waals surface area (Å²) in [7, 11) is -3.59. The van der Waals surface area contributed by atoms with Crippen molar-refractivity contribution >= 4 is 21.6 Å². The Kier molecular flexibility index (Phi) is 3.73. The van der Waals surface area contributed by atoms with Gasteiger partial charge in [0, 0.05) is 13.1 Å². The maximum atomic E-state index is 12.3. The topological polar surface area (TPSA) is 59.8 Å². The summed E-state index contributed by atoms with van der Waals surface area (Å²) in [5.41, 5.74) is -0.479. The van der Waals surface area contributed by atoms with Crippen LogP contribution in [0.5, 0.6) is 0 Å². The molecule has 1 aliphatic rings. The Morgan fingerprint density at radius 1 is 1.44 bits per heavy atom. The normalized spacial score (nSPS) is 21.1. The molecule has 5 nitrogen and oxygen atoms in total. The largest absolute Gasteiger partial charge is 0.447 e. The minimum absolute atomic E-state index is 0.0594. The fourth-order valence-corrected chi connectivity index (χ4v) is 3.52. The SMILES string of the molecule is CC1(C)CN(S(=O)(=O)c2ccc(CCl)o2)CCO1. The smallest absolute Gasteiger partial charge is 0.276 e. The zero-order valence-electron chi connectivity index (χ0n) is 10.3. The van der Waals surface area contributed by atoms with Crippen LogP contribution < -0.4 is 0 Å². The lowest BCUT2D eigenvalue weighted by Crippen LogP contribution is -2.50. The van der Waals surface area contributed by atoms with Gasteiger partial charge in [-0.3, -0.25) is 0 Å². The van der Waals surface area contributed by atoms with Gasteiger partial charge < -0.3 is 9.15 Å². The number of hydrogen-bond acceptors (Lipinski definition) is 4. The van der Waals surface area contributed by atoms with Crippen molar-refractivity contribution in [3.05, 3.63) is 17.9 Å². The van der Waals surface area contributed by atoms with E-state index in [1.165, 1.54) is 10.4 Å². The number of halogens is 1. The third-order valence-corrected chi connectivity index (χ3v) is 4.74. The van der Waals surface area contributed by atoms with Crippen LogP contribution in [-0.2, 0) is 20.6 Å². The molecule has 0 amide bonds. The average Bonchev–Trinajstić information content (AvgIpc) is 2.76. The number of furan rings is 1. The fourth-order valence-electron chi connectivity index (χ4n) is 1.87. The van der Waals surface area contributed by atoms with E-state index in [9.17, 15) is 8.42 Å². The zero-order chi connectivity index (χ0) is 13.4. The molecular weight excluding hydrogens is 278 g/mol. The predicted molar refractivity (Wildman–Crippen MR) is 67.1 cm³/mol. The van der Waals surface area contributed by atoms with Crippen molar-refractivity contribution in [1.82, 2.24) is 4.31 Å². The van der Waals surface area contributed by atoms with Gasteiger partial charge in [0.15, 0.2) is 0 Å². The highest BCUT2D eigenvalue weighted by molar-refractivity contribution is 7.89. The molecule has 1 aromatic heterocycles. The summed E-state index contributed by atoms with van der Waals surface area (Å²) in [6.07, 6.45) is 0. The Labute approximate surface area is 112 Å². The number of hydrogen-bond donors (Lipinski definition) is 0. The van der Waals surface area contributed by atoms with Crippen LogP contribution in [0.1, 0.15) is 19.6 Å². The molecule has 0 N–H and O–H groups in total. The van der Waals surface area contributed by atoms with Gasteiger partial charge in [0.05, 0.1) is 18.1 Å². The first kappa shape index (κ1) is 13.9. The van der Waals surface area contributed by atoms with Crippen LogP contribution in [0.4, 0.5) is 0 Å². The molecule has 0 radical (unpaired) electrons. The van der Waals surface area contributed by atoms with E-state index in [1.807, 2.05) is 13.8 Å². The molecule has 0 unspecified atom stereocenters. The molecule has 7 heteroatoms. The van der Waals surface area contributed by atoms with Gasteiger partial charge in [-0.2, -0.15) is 4.31 Å². The van der Waals surface area contributed by atoms with Crippen LogP contribution in [0.3, 0.4) is 0 Å². The molecule has 1 aliphatic heterocycles. The predicted octanol–water partition coefficient (Wildman–Crippen LogP) is 1.82. The molecular formula is C11H16ClNO4S. The molecule has 0 saturated carbocycles. The summed E-state index contributed by atoms with van der Waals surface area (Å²) in [5, 5.41) is -0.0594. The third-order valence-electron chi connectivity index (χ3n) is 2.75. The minimum Gasteiger partial charge on any atom is -0.447 e. The van der Waals surface area contributed by atoms with Crippen LogP contribution in [0.15, 0.2) is 21.6 Å². The van der Waals surface area contributed by atoms with Crippen LogP contribution in [0.2, 0.25) is 0 Å². The Balaban J connectivity index is 2.25. The van der Waals surface area contributed by atoms with E-state index in [2.05, 4.69) is 0 Å². The Morgan fingerprint density at radius 2 is 2.17 bits per heavy atom. The quantitative estimate of drug-likeness (QED) is 0.798. The van der Waals surface area contributed by atoms with E-state index in [4.69, 9.17) is 20.8 Å². The van der Waals surface area contributed by atoms with Crippen LogP contribution >= 0.6 is 11.6 Å². The van der Waals surface area contributed by atoms with Crippen LogP contribution in [0, 0.1) is 0 Å². The van der Waals surface area contributed by atoms with Gasteiger partial charge in [0.2, 0.25) is 5.09 Å². The van der Waals surface area contributed by atoms with Crippen molar-refractivity contribution in [1.29, 1.82) is 0 Å². The molecule has 0 aromatic carbocycles. The number of morpholine rings is 1. The van der Waals surface area contributed by atoms with Gasteiger partial charge in [0.25, 0.3) is 10.0 Å². The maximum absolute atomic E-state index is 12.3. The number of ether oxygens (including phenoxy) is 1. The highest BCUT2D eigenvalue weighted by Gasteiger charge is 2.36. The van der Waals surface area contributed by atoms with Gasteiger partial charge in [-0.15, -0.1) is 11.6 Å². The minimum atomic E-state index is -3.59. The van der Waals surface area contributed by atoms with Gasteiger partial charge >= 0.3 is 0 Å². The third kappa shape index (κ3) is 2.71. The monoisotopic (exact) mass is 293 g/mol. The van der Waals surface area contributed by atoms with E-state index in [0.717, 1.165) is 0 Å². The first-order valence-corrected chi connectivity index (χ1v) is 7.61. The second-order valence-corrected chi connectivity index (χ2v) is 6.94. The lowest BCUT2D eigenvalue weighted by Gasteiger charge is -2.36. The molecule has 2 heterocycles. The first-order chi connectivity index (χ1) is 8.35. The van der Waals surface area contributed by atoms with Gasteiger partial charge in [0.1, 0.15) is 5.76 Å². The maximum Gasteiger partial charge on any atom is 0.276 e. The summed E-state index contributed by atoms with van der Waals surface area (Å²) in [6.45, 7) is 4.76. The molecule has 0 bridgehead atoms. The number of rotatable bonds is 3. The van der Waals surface area contributed by atoms with Crippen molar-refractivity contribution in [3.8, 4) is 0 Å². The zero-order valence-corrected chi connectivity index (χ0v) is 11.9. The molecule has 2 rings (SSSR count). The van der Waals surface area contributed by atoms with Crippen LogP contribution in [-0.4, -0.2) is 38.0 Å². The molecule has 102 valence electrons. The van der Waals surface area contributed by atoms with E-state index < -0.39 is 15.6 Å². The highest BCUT2D eigenvalue weighted by Crippen LogP contribution is 2.25. The summed E-state index contributed by atoms with van der Waals surface area (Å²) < 4.78 is 36.8. The Hall–Kier alpha value is -0.560. The Bertz CT molecular complexity index is 523. The highest BCUT2D eigenvalue weighted by atomic mass is 35.5. The summed E-state index contributed by atoms with van der Waals surface area (Å²) >= 11 is 5.60. The molecule has 1 fully saturated rings. The molecule has 0 atom stereocenters. The van der Waals surface area contributed by atoms with Crippen LogP contribution in [0.25, 0.3) is 0 Å². The van der Waals surface area contributed by atoms with Gasteiger partial charge in [-0.1, -0.05) is 0 Å². The van der Waals surface area contributed by atoms with E-state index >= 15 is 0 Å². The van der Waals surface area contributed by atoms with E-state index in [0.29, 0.717) is 25.5 Å². The Morgan fingerprint density at radius 3 is 2.72 bits per heavy atom. The summed E-state index contributed by atoms with van der Waals surface area (Å²) in [5.74, 6) is 0.604. The molecule has 18 heavy (non-hydrogen) atoms. The average molecular weight is 294 g/mol. The lowest BCUT2D eigenvalue weighted by atomic mass is 10.1. The van der Waals surface area contributed by atoms with Crippen molar-refractivity contribution in [2.24, 2.45) is 0 Å². The standard InChI is InChI=1S/C11H16ClNO4S/c1-11(2)8-13(5-6-16-11)18(14,15)10-4-3-9(7-12)17-10/h3-4H,5-8H2,1-2H3. The lowest BCUT2D eigenvalue weighted by molar-refractivity contribution is -0.0642. The van der Waals surface area contributed by atoms with Crippen molar-refractivity contribution in [3.63, 3.8) is 0 Å². The molecule has 1 aromatic rings. The molecule has 1 saturated heterocycles. The van der Waals surface area contributed by atoms with E-state index in [1.54, 1.807) is 6.07 Å². The van der Waals surface area contributed by atoms with E-state index in [-0.39, 0.29) is 11.0 Å². The summed E-state index contributed by atoms with van der Waals surface area (Å²) in [4.78, 5) is 0. The molecule has 0 aliphatic carbocycles. The number of sulfonamides is 1. The summed E-state index contributed by atoms with van der Waals surface area (Å²) in [6, 6.07) is 3.01. The molecule has 0 spiro atoms. The fraction of sp³-hybridized carbons (Fsp3) is 0.636. The first-order valence-electron chi connectivity index (χ1n) is 5.64.